The van der Waals surface area contributed by atoms with Gasteiger partial charge in [0.05, 0.1) is 6.61 Å². The zero-order chi connectivity index (χ0) is 14.4. The number of carbonyl (C=O) groups excluding carboxylic acids is 1. The fraction of sp³-hybridized carbons (Fsp3) is 0.467. The van der Waals surface area contributed by atoms with Crippen LogP contribution >= 0.6 is 0 Å². The molecule has 2 rings (SSSR count). The lowest BCUT2D eigenvalue weighted by molar-refractivity contribution is -0.143. The van der Waals surface area contributed by atoms with E-state index in [0.29, 0.717) is 18.9 Å². The number of carboxylic acid groups (broad SMARTS) is 1. The average Bonchev–Trinajstić information content (AvgIpc) is 3.23. The molecular weight excluding hydrogens is 258 g/mol. The second-order valence-electron chi connectivity index (χ2n) is 5.12. The lowest BCUT2D eigenvalue weighted by atomic mass is 10.1. The first-order chi connectivity index (χ1) is 9.65. The number of rotatable bonds is 8. The number of amides is 1. The Labute approximate surface area is 117 Å². The van der Waals surface area contributed by atoms with Crippen LogP contribution in [0.5, 0.6) is 0 Å². The Balaban J connectivity index is 1.69. The molecule has 0 heterocycles. The summed E-state index contributed by atoms with van der Waals surface area (Å²) in [6, 6.07) is 8.72. The van der Waals surface area contributed by atoms with Gasteiger partial charge in [0.15, 0.2) is 0 Å². The Hall–Kier alpha value is -1.88. The number of benzene rings is 1. The highest BCUT2D eigenvalue weighted by Gasteiger charge is 2.30. The van der Waals surface area contributed by atoms with E-state index in [1.54, 1.807) is 0 Å². The van der Waals surface area contributed by atoms with Crippen molar-refractivity contribution >= 4 is 11.9 Å². The van der Waals surface area contributed by atoms with Gasteiger partial charge in [-0.15, -0.1) is 0 Å². The number of carbonyl (C=O) groups is 2. The highest BCUT2D eigenvalue weighted by atomic mass is 16.5. The molecule has 1 aromatic carbocycles. The molecule has 5 nitrogen and oxygen atoms in total. The van der Waals surface area contributed by atoms with Crippen molar-refractivity contribution in [2.75, 3.05) is 6.61 Å². The number of ether oxygens (including phenoxy) is 1. The minimum atomic E-state index is -0.978. The van der Waals surface area contributed by atoms with Crippen molar-refractivity contribution in [3.8, 4) is 0 Å². The van der Waals surface area contributed by atoms with E-state index in [1.165, 1.54) is 0 Å². The van der Waals surface area contributed by atoms with Gasteiger partial charge in [-0.2, -0.15) is 0 Å². The van der Waals surface area contributed by atoms with Crippen LogP contribution in [0.15, 0.2) is 30.3 Å². The fourth-order valence-electron chi connectivity index (χ4n) is 1.98. The monoisotopic (exact) mass is 277 g/mol. The van der Waals surface area contributed by atoms with Crippen molar-refractivity contribution in [3.05, 3.63) is 35.9 Å². The van der Waals surface area contributed by atoms with Crippen molar-refractivity contribution in [3.63, 3.8) is 0 Å². The van der Waals surface area contributed by atoms with Crippen LogP contribution in [0.25, 0.3) is 0 Å². The molecule has 0 saturated heterocycles. The molecule has 20 heavy (non-hydrogen) atoms. The summed E-state index contributed by atoms with van der Waals surface area (Å²) in [4.78, 5) is 22.7. The van der Waals surface area contributed by atoms with Crippen LogP contribution in [0, 0.1) is 5.92 Å². The highest BCUT2D eigenvalue weighted by Crippen LogP contribution is 2.33. The Morgan fingerprint density at radius 3 is 2.60 bits per heavy atom. The van der Waals surface area contributed by atoms with Gasteiger partial charge in [0.2, 0.25) is 5.91 Å². The molecule has 0 spiro atoms. The quantitative estimate of drug-likeness (QED) is 0.756. The summed E-state index contributed by atoms with van der Waals surface area (Å²) in [7, 11) is 0. The van der Waals surface area contributed by atoms with Crippen molar-refractivity contribution < 1.29 is 19.4 Å². The number of aliphatic carboxylic acids is 1. The van der Waals surface area contributed by atoms with E-state index >= 15 is 0 Å². The van der Waals surface area contributed by atoms with E-state index in [4.69, 9.17) is 9.84 Å². The van der Waals surface area contributed by atoms with Crippen molar-refractivity contribution in [1.29, 1.82) is 0 Å². The summed E-state index contributed by atoms with van der Waals surface area (Å²) in [6.45, 7) is 0.220. The topological polar surface area (TPSA) is 75.6 Å². The molecule has 0 radical (unpaired) electrons. The van der Waals surface area contributed by atoms with Gasteiger partial charge in [0.1, 0.15) is 12.6 Å². The van der Waals surface area contributed by atoms with E-state index < -0.39 is 12.0 Å². The molecule has 1 aromatic rings. The van der Waals surface area contributed by atoms with Gasteiger partial charge in [0.25, 0.3) is 0 Å². The molecule has 1 amide bonds. The summed E-state index contributed by atoms with van der Waals surface area (Å²) in [5.74, 6) is -0.913. The maximum absolute atomic E-state index is 11.7. The first-order valence-corrected chi connectivity index (χ1v) is 6.79. The molecule has 1 fully saturated rings. The standard InChI is InChI=1S/C15H19NO4/c17-14(10-20-9-12-4-2-1-3-5-12)16-13(15(18)19)8-11-6-7-11/h1-5,11,13H,6-10H2,(H,16,17)(H,18,19). The molecule has 0 aliphatic heterocycles. The lowest BCUT2D eigenvalue weighted by Gasteiger charge is -2.14. The molecule has 0 aromatic heterocycles. The molecular formula is C15H19NO4. The smallest absolute Gasteiger partial charge is 0.326 e. The van der Waals surface area contributed by atoms with Gasteiger partial charge < -0.3 is 15.2 Å². The third-order valence-corrected chi connectivity index (χ3v) is 3.24. The average molecular weight is 277 g/mol. The third-order valence-electron chi connectivity index (χ3n) is 3.24. The summed E-state index contributed by atoms with van der Waals surface area (Å²) < 4.78 is 5.28. The predicted octanol–water partition coefficient (Wildman–Crippen LogP) is 1.57. The lowest BCUT2D eigenvalue weighted by Crippen LogP contribution is -2.42. The number of nitrogens with one attached hydrogen (secondary N) is 1. The molecule has 1 atom stereocenters. The minimum Gasteiger partial charge on any atom is -0.480 e. The summed E-state index contributed by atoms with van der Waals surface area (Å²) in [5.41, 5.74) is 0.980. The largest absolute Gasteiger partial charge is 0.480 e. The molecule has 1 saturated carbocycles. The number of carboxylic acids is 1. The molecule has 2 N–H and O–H groups in total. The number of hydrogen-bond acceptors (Lipinski definition) is 3. The van der Waals surface area contributed by atoms with E-state index in [1.807, 2.05) is 30.3 Å². The molecule has 0 bridgehead atoms. The number of hydrogen-bond donors (Lipinski definition) is 2. The Bertz CT molecular complexity index is 456. The van der Waals surface area contributed by atoms with Gasteiger partial charge in [0, 0.05) is 0 Å². The van der Waals surface area contributed by atoms with Crippen LogP contribution < -0.4 is 5.32 Å². The first-order valence-electron chi connectivity index (χ1n) is 6.79. The second-order valence-corrected chi connectivity index (χ2v) is 5.12. The molecule has 1 aliphatic rings. The van der Waals surface area contributed by atoms with Gasteiger partial charge in [-0.3, -0.25) is 4.79 Å². The zero-order valence-electron chi connectivity index (χ0n) is 11.2. The van der Waals surface area contributed by atoms with Crippen LogP contribution in [0.1, 0.15) is 24.8 Å². The maximum Gasteiger partial charge on any atom is 0.326 e. The Morgan fingerprint density at radius 1 is 1.30 bits per heavy atom. The highest BCUT2D eigenvalue weighted by molar-refractivity contribution is 5.84. The fourth-order valence-corrected chi connectivity index (χ4v) is 1.98. The SMILES string of the molecule is O=C(COCc1ccccc1)NC(CC1CC1)C(=O)O. The summed E-state index contributed by atoms with van der Waals surface area (Å²) in [6.07, 6.45) is 2.63. The predicted molar refractivity (Wildman–Crippen MR) is 73.0 cm³/mol. The maximum atomic E-state index is 11.7. The second kappa shape index (κ2) is 7.05. The van der Waals surface area contributed by atoms with E-state index in [9.17, 15) is 9.59 Å². The first kappa shape index (κ1) is 14.5. The van der Waals surface area contributed by atoms with Crippen LogP contribution in [-0.2, 0) is 20.9 Å². The Morgan fingerprint density at radius 2 is 2.00 bits per heavy atom. The van der Waals surface area contributed by atoms with E-state index in [2.05, 4.69) is 5.32 Å². The molecule has 108 valence electrons. The van der Waals surface area contributed by atoms with Crippen molar-refractivity contribution in [1.82, 2.24) is 5.32 Å². The Kier molecular flexibility index (Phi) is 5.12. The van der Waals surface area contributed by atoms with Crippen LogP contribution in [-0.4, -0.2) is 29.6 Å². The minimum absolute atomic E-state index is 0.122. The van der Waals surface area contributed by atoms with Crippen molar-refractivity contribution in [2.45, 2.75) is 31.9 Å². The summed E-state index contributed by atoms with van der Waals surface area (Å²) in [5, 5.41) is 11.6. The van der Waals surface area contributed by atoms with Gasteiger partial charge in [-0.05, 0) is 17.9 Å². The molecule has 1 unspecified atom stereocenters. The van der Waals surface area contributed by atoms with Crippen LogP contribution in [0.3, 0.4) is 0 Å². The summed E-state index contributed by atoms with van der Waals surface area (Å²) >= 11 is 0. The molecule has 5 heteroatoms. The zero-order valence-corrected chi connectivity index (χ0v) is 11.2. The van der Waals surface area contributed by atoms with Crippen LogP contribution in [0.2, 0.25) is 0 Å². The van der Waals surface area contributed by atoms with Gasteiger partial charge >= 0.3 is 5.97 Å². The third kappa shape index (κ3) is 5.01. The van der Waals surface area contributed by atoms with Crippen LogP contribution in [0.4, 0.5) is 0 Å². The van der Waals surface area contributed by atoms with E-state index in [0.717, 1.165) is 18.4 Å². The van der Waals surface area contributed by atoms with Gasteiger partial charge in [-0.1, -0.05) is 43.2 Å². The molecule has 1 aliphatic carbocycles. The van der Waals surface area contributed by atoms with Gasteiger partial charge in [-0.25, -0.2) is 4.79 Å². The van der Waals surface area contributed by atoms with Crippen molar-refractivity contribution in [2.24, 2.45) is 5.92 Å². The van der Waals surface area contributed by atoms with E-state index in [-0.39, 0.29) is 12.5 Å². The normalized spacial score (nSPS) is 15.6.